The lowest BCUT2D eigenvalue weighted by atomic mass is 9.90. The van der Waals surface area contributed by atoms with Crippen LogP contribution in [0.4, 0.5) is 5.13 Å². The summed E-state index contributed by atoms with van der Waals surface area (Å²) in [7, 11) is 0. The van der Waals surface area contributed by atoms with E-state index >= 15 is 0 Å². The molecular weight excluding hydrogens is 452 g/mol. The lowest BCUT2D eigenvalue weighted by Crippen LogP contribution is -2.38. The molecule has 33 heavy (non-hydrogen) atoms. The first kappa shape index (κ1) is 21.4. The van der Waals surface area contributed by atoms with Crippen molar-refractivity contribution in [3.8, 4) is 0 Å². The molecule has 0 saturated carbocycles. The Morgan fingerprint density at radius 3 is 2.24 bits per heavy atom. The number of anilines is 1. The Hall–Kier alpha value is -3.48. The molecule has 0 N–H and O–H groups in total. The summed E-state index contributed by atoms with van der Waals surface area (Å²) < 4.78 is 2.77. The molecule has 0 unspecified atom stereocenters. The minimum atomic E-state index is -0.451. The molecule has 5 nitrogen and oxygen atoms in total. The van der Waals surface area contributed by atoms with Crippen LogP contribution in [0.3, 0.4) is 0 Å². The standard InChI is InChI=1S/C26H21ClN4OS/c27-21-13-7-14-22-24(21)29-26(33-22)31(18-17-30-16-8-15-28-30)25(32)23(19-9-3-1-4-10-19)20-11-5-2-6-12-20/h1-16,23H,17-18H2. The van der Waals surface area contributed by atoms with E-state index in [0.29, 0.717) is 28.8 Å². The van der Waals surface area contributed by atoms with E-state index in [0.717, 1.165) is 15.8 Å². The largest absolute Gasteiger partial charge is 0.285 e. The molecule has 0 spiro atoms. The van der Waals surface area contributed by atoms with Crippen LogP contribution in [0.15, 0.2) is 97.3 Å². The average Bonchev–Trinajstić information content (AvgIpc) is 3.52. The highest BCUT2D eigenvalue weighted by atomic mass is 35.5. The molecule has 5 rings (SSSR count). The summed E-state index contributed by atoms with van der Waals surface area (Å²) in [4.78, 5) is 20.7. The van der Waals surface area contributed by atoms with Crippen LogP contribution >= 0.6 is 22.9 Å². The second-order valence-corrected chi connectivity index (χ2v) is 9.01. The van der Waals surface area contributed by atoms with Gasteiger partial charge in [-0.05, 0) is 29.3 Å². The van der Waals surface area contributed by atoms with Gasteiger partial charge in [-0.15, -0.1) is 0 Å². The number of thiazole rings is 1. The van der Waals surface area contributed by atoms with Crippen LogP contribution in [0.5, 0.6) is 0 Å². The lowest BCUT2D eigenvalue weighted by Gasteiger charge is -2.26. The third kappa shape index (κ3) is 4.53. The van der Waals surface area contributed by atoms with Crippen LogP contribution < -0.4 is 4.90 Å². The van der Waals surface area contributed by atoms with Crippen molar-refractivity contribution in [2.45, 2.75) is 12.5 Å². The van der Waals surface area contributed by atoms with Gasteiger partial charge in [0.15, 0.2) is 5.13 Å². The molecule has 0 fully saturated rings. The van der Waals surface area contributed by atoms with Gasteiger partial charge in [-0.3, -0.25) is 14.4 Å². The fourth-order valence-corrected chi connectivity index (χ4v) is 5.18. The van der Waals surface area contributed by atoms with Crippen molar-refractivity contribution in [2.24, 2.45) is 0 Å². The summed E-state index contributed by atoms with van der Waals surface area (Å²) in [6.45, 7) is 0.993. The van der Waals surface area contributed by atoms with Crippen LogP contribution in [0.1, 0.15) is 17.0 Å². The third-order valence-electron chi connectivity index (χ3n) is 5.48. The van der Waals surface area contributed by atoms with Gasteiger partial charge in [-0.1, -0.05) is 89.7 Å². The number of para-hydroxylation sites is 1. The minimum absolute atomic E-state index is 0.0327. The monoisotopic (exact) mass is 472 g/mol. The Morgan fingerprint density at radius 1 is 0.939 bits per heavy atom. The van der Waals surface area contributed by atoms with Crippen molar-refractivity contribution in [1.82, 2.24) is 14.8 Å². The number of carbonyl (C=O) groups excluding carboxylic acids is 1. The van der Waals surface area contributed by atoms with Crippen LogP contribution in [-0.4, -0.2) is 27.2 Å². The molecule has 0 saturated heterocycles. The van der Waals surface area contributed by atoms with Gasteiger partial charge in [0, 0.05) is 18.9 Å². The smallest absolute Gasteiger partial charge is 0.240 e. The number of halogens is 1. The van der Waals surface area contributed by atoms with Crippen molar-refractivity contribution >= 4 is 44.2 Å². The quantitative estimate of drug-likeness (QED) is 0.291. The molecule has 2 aromatic heterocycles. The molecule has 0 aliphatic heterocycles. The molecule has 0 radical (unpaired) electrons. The van der Waals surface area contributed by atoms with Crippen LogP contribution in [0, 0.1) is 0 Å². The van der Waals surface area contributed by atoms with E-state index in [1.54, 1.807) is 11.1 Å². The first-order valence-corrected chi connectivity index (χ1v) is 11.8. The van der Waals surface area contributed by atoms with E-state index in [1.165, 1.54) is 11.3 Å². The molecule has 0 atom stereocenters. The van der Waals surface area contributed by atoms with Crippen molar-refractivity contribution in [3.63, 3.8) is 0 Å². The summed E-state index contributed by atoms with van der Waals surface area (Å²) in [5.74, 6) is -0.484. The first-order valence-electron chi connectivity index (χ1n) is 10.6. The van der Waals surface area contributed by atoms with E-state index in [9.17, 15) is 4.79 Å². The second-order valence-electron chi connectivity index (χ2n) is 7.60. The van der Waals surface area contributed by atoms with Gasteiger partial charge < -0.3 is 0 Å². The Morgan fingerprint density at radius 2 is 1.64 bits per heavy atom. The maximum Gasteiger partial charge on any atom is 0.240 e. The number of aromatic nitrogens is 3. The summed E-state index contributed by atoms with van der Waals surface area (Å²) in [6.07, 6.45) is 3.63. The van der Waals surface area contributed by atoms with E-state index in [1.807, 2.05) is 95.8 Å². The van der Waals surface area contributed by atoms with Gasteiger partial charge in [-0.2, -0.15) is 5.10 Å². The van der Waals surface area contributed by atoms with Gasteiger partial charge >= 0.3 is 0 Å². The summed E-state index contributed by atoms with van der Waals surface area (Å²) >= 11 is 7.87. The highest BCUT2D eigenvalue weighted by Gasteiger charge is 2.30. The molecule has 7 heteroatoms. The fourth-order valence-electron chi connectivity index (χ4n) is 3.88. The Kier molecular flexibility index (Phi) is 6.19. The maximum atomic E-state index is 14.2. The Balaban J connectivity index is 1.58. The zero-order valence-corrected chi connectivity index (χ0v) is 19.3. The topological polar surface area (TPSA) is 51.0 Å². The van der Waals surface area contributed by atoms with Gasteiger partial charge in [-0.25, -0.2) is 4.98 Å². The van der Waals surface area contributed by atoms with Crippen molar-refractivity contribution in [3.05, 3.63) is 113 Å². The number of fused-ring (bicyclic) bond motifs is 1. The second kappa shape index (κ2) is 9.57. The summed E-state index contributed by atoms with van der Waals surface area (Å²) in [5.41, 5.74) is 2.60. The zero-order valence-electron chi connectivity index (χ0n) is 17.7. The fraction of sp³-hybridized carbons (Fsp3) is 0.115. The van der Waals surface area contributed by atoms with Gasteiger partial charge in [0.05, 0.1) is 22.2 Å². The van der Waals surface area contributed by atoms with Crippen LogP contribution in [0.25, 0.3) is 10.2 Å². The maximum absolute atomic E-state index is 14.2. The number of nitrogens with zero attached hydrogens (tertiary/aromatic N) is 4. The molecule has 0 aliphatic carbocycles. The van der Waals surface area contributed by atoms with Gasteiger partial charge in [0.25, 0.3) is 0 Å². The number of hydrogen-bond donors (Lipinski definition) is 0. The Bertz CT molecular complexity index is 1310. The van der Waals surface area contributed by atoms with Crippen LogP contribution in [0.2, 0.25) is 5.02 Å². The predicted octanol–water partition coefficient (Wildman–Crippen LogP) is 6.01. The molecule has 0 bridgehead atoms. The van der Waals surface area contributed by atoms with E-state index in [-0.39, 0.29) is 5.91 Å². The van der Waals surface area contributed by atoms with Gasteiger partial charge in [0.1, 0.15) is 5.52 Å². The van der Waals surface area contributed by atoms with Crippen molar-refractivity contribution in [2.75, 3.05) is 11.4 Å². The Labute approximate surface area is 200 Å². The van der Waals surface area contributed by atoms with E-state index < -0.39 is 5.92 Å². The molecule has 0 aliphatic rings. The van der Waals surface area contributed by atoms with E-state index in [4.69, 9.17) is 16.6 Å². The number of rotatable bonds is 7. The first-order chi connectivity index (χ1) is 16.2. The SMILES string of the molecule is O=C(C(c1ccccc1)c1ccccc1)N(CCn1cccn1)c1nc2c(Cl)cccc2s1. The highest BCUT2D eigenvalue weighted by molar-refractivity contribution is 7.22. The molecular formula is C26H21ClN4OS. The molecule has 1 amide bonds. The molecule has 3 aromatic carbocycles. The zero-order chi connectivity index (χ0) is 22.6. The summed E-state index contributed by atoms with van der Waals surface area (Å²) in [6, 6.07) is 27.3. The third-order valence-corrected chi connectivity index (χ3v) is 6.83. The number of benzene rings is 3. The molecule has 164 valence electrons. The van der Waals surface area contributed by atoms with Crippen molar-refractivity contribution in [1.29, 1.82) is 0 Å². The average molecular weight is 473 g/mol. The van der Waals surface area contributed by atoms with Gasteiger partial charge in [0.2, 0.25) is 5.91 Å². The molecule has 2 heterocycles. The summed E-state index contributed by atoms with van der Waals surface area (Å²) in [5, 5.41) is 5.51. The van der Waals surface area contributed by atoms with E-state index in [2.05, 4.69) is 5.10 Å². The minimum Gasteiger partial charge on any atom is -0.285 e. The van der Waals surface area contributed by atoms with Crippen molar-refractivity contribution < 1.29 is 4.79 Å². The highest BCUT2D eigenvalue weighted by Crippen LogP contribution is 2.35. The number of carbonyl (C=O) groups is 1. The number of hydrogen-bond acceptors (Lipinski definition) is 4. The predicted molar refractivity (Wildman–Crippen MR) is 134 cm³/mol. The lowest BCUT2D eigenvalue weighted by molar-refractivity contribution is -0.119. The number of amides is 1. The molecule has 5 aromatic rings. The normalized spacial score (nSPS) is 11.2. The van der Waals surface area contributed by atoms with Crippen LogP contribution in [-0.2, 0) is 11.3 Å².